The fraction of sp³-hybridized carbons (Fsp3) is 0.714. The average molecular weight is 263 g/mol. The van der Waals surface area contributed by atoms with Crippen LogP contribution in [0.2, 0.25) is 0 Å². The molecular formula is C14H25N5. The van der Waals surface area contributed by atoms with Gasteiger partial charge < -0.3 is 15.1 Å². The van der Waals surface area contributed by atoms with Crippen molar-refractivity contribution >= 4 is 11.8 Å². The second kappa shape index (κ2) is 6.19. The molecule has 106 valence electrons. The summed E-state index contributed by atoms with van der Waals surface area (Å²) < 4.78 is 0. The van der Waals surface area contributed by atoms with Crippen LogP contribution in [0, 0.1) is 6.92 Å². The Morgan fingerprint density at radius 2 is 2.21 bits per heavy atom. The predicted octanol–water partition coefficient (Wildman–Crippen LogP) is 1.75. The third-order valence-electron chi connectivity index (χ3n) is 3.74. The van der Waals surface area contributed by atoms with E-state index in [4.69, 9.17) is 0 Å². The molecule has 1 aromatic rings. The van der Waals surface area contributed by atoms with Crippen molar-refractivity contribution in [3.8, 4) is 0 Å². The van der Waals surface area contributed by atoms with Gasteiger partial charge in [0.05, 0.1) is 0 Å². The van der Waals surface area contributed by atoms with Crippen LogP contribution in [0.5, 0.6) is 0 Å². The summed E-state index contributed by atoms with van der Waals surface area (Å²) in [5.41, 5.74) is 1.15. The van der Waals surface area contributed by atoms with Crippen LogP contribution in [-0.2, 0) is 0 Å². The molecule has 0 aromatic carbocycles. The Labute approximate surface area is 116 Å². The quantitative estimate of drug-likeness (QED) is 0.896. The van der Waals surface area contributed by atoms with E-state index in [1.807, 2.05) is 6.20 Å². The summed E-state index contributed by atoms with van der Waals surface area (Å²) in [6.07, 6.45) is 3.00. The normalized spacial score (nSPS) is 20.6. The molecule has 1 aromatic heterocycles. The highest BCUT2D eigenvalue weighted by Gasteiger charge is 2.23. The third kappa shape index (κ3) is 3.35. The van der Waals surface area contributed by atoms with E-state index in [9.17, 15) is 0 Å². The minimum absolute atomic E-state index is 0.565. The van der Waals surface area contributed by atoms with E-state index >= 15 is 0 Å². The molecule has 1 atom stereocenters. The van der Waals surface area contributed by atoms with Crippen LogP contribution >= 0.6 is 0 Å². The van der Waals surface area contributed by atoms with Crippen molar-refractivity contribution in [2.75, 3.05) is 43.4 Å². The molecule has 0 bridgehead atoms. The first-order valence-corrected chi connectivity index (χ1v) is 7.14. The Kier molecular flexibility index (Phi) is 4.58. The van der Waals surface area contributed by atoms with Crippen molar-refractivity contribution in [3.63, 3.8) is 0 Å². The number of piperazine rings is 1. The Morgan fingerprint density at radius 3 is 2.89 bits per heavy atom. The maximum Gasteiger partial charge on any atom is 0.224 e. The smallest absolute Gasteiger partial charge is 0.224 e. The number of anilines is 2. The van der Waals surface area contributed by atoms with Crippen LogP contribution in [0.1, 0.15) is 25.8 Å². The van der Waals surface area contributed by atoms with Gasteiger partial charge in [-0.25, -0.2) is 4.98 Å². The van der Waals surface area contributed by atoms with Gasteiger partial charge in [0.25, 0.3) is 0 Å². The number of aryl methyl sites for hydroxylation is 1. The molecule has 2 heterocycles. The molecule has 1 unspecified atom stereocenters. The summed E-state index contributed by atoms with van der Waals surface area (Å²) in [4.78, 5) is 13.8. The lowest BCUT2D eigenvalue weighted by Gasteiger charge is -2.38. The first-order valence-electron chi connectivity index (χ1n) is 7.14. The predicted molar refractivity (Wildman–Crippen MR) is 79.9 cm³/mol. The average Bonchev–Trinajstić information content (AvgIpc) is 2.41. The van der Waals surface area contributed by atoms with Crippen molar-refractivity contribution in [1.29, 1.82) is 0 Å². The third-order valence-corrected chi connectivity index (χ3v) is 3.74. The molecule has 1 N–H and O–H groups in total. The summed E-state index contributed by atoms with van der Waals surface area (Å²) in [7, 11) is 2.18. The van der Waals surface area contributed by atoms with Crippen LogP contribution in [-0.4, -0.2) is 54.1 Å². The molecule has 0 saturated carbocycles. The van der Waals surface area contributed by atoms with Gasteiger partial charge in [-0.1, -0.05) is 6.92 Å². The van der Waals surface area contributed by atoms with Gasteiger partial charge >= 0.3 is 0 Å². The van der Waals surface area contributed by atoms with Crippen molar-refractivity contribution in [2.45, 2.75) is 33.2 Å². The molecule has 0 amide bonds. The second-order valence-electron chi connectivity index (χ2n) is 5.40. The summed E-state index contributed by atoms with van der Waals surface area (Å²) >= 11 is 0. The Hall–Kier alpha value is -1.36. The highest BCUT2D eigenvalue weighted by atomic mass is 15.3. The zero-order chi connectivity index (χ0) is 13.8. The molecule has 2 rings (SSSR count). The molecule has 0 aliphatic carbocycles. The molecule has 1 fully saturated rings. The summed E-state index contributed by atoms with van der Waals surface area (Å²) in [6.45, 7) is 10.6. The Bertz CT molecular complexity index is 420. The minimum atomic E-state index is 0.565. The molecule has 19 heavy (non-hydrogen) atoms. The van der Waals surface area contributed by atoms with Crippen molar-refractivity contribution in [3.05, 3.63) is 11.8 Å². The molecule has 1 saturated heterocycles. The molecule has 1 aliphatic rings. The Morgan fingerprint density at radius 1 is 1.42 bits per heavy atom. The van der Waals surface area contributed by atoms with Gasteiger partial charge in [-0.2, -0.15) is 4.98 Å². The van der Waals surface area contributed by atoms with Crippen LogP contribution in [0.3, 0.4) is 0 Å². The van der Waals surface area contributed by atoms with Crippen LogP contribution in [0.15, 0.2) is 6.20 Å². The molecule has 5 heteroatoms. The SMILES string of the molecule is CCCNc1ncc(C)c(N2CCN(C)C(C)C2)n1. The summed E-state index contributed by atoms with van der Waals surface area (Å²) in [5, 5.41) is 3.26. The highest BCUT2D eigenvalue weighted by Crippen LogP contribution is 2.21. The van der Waals surface area contributed by atoms with E-state index in [1.54, 1.807) is 0 Å². The minimum Gasteiger partial charge on any atom is -0.354 e. The van der Waals surface area contributed by atoms with Crippen molar-refractivity contribution in [1.82, 2.24) is 14.9 Å². The van der Waals surface area contributed by atoms with E-state index in [1.165, 1.54) is 0 Å². The highest BCUT2D eigenvalue weighted by molar-refractivity contribution is 5.49. The van der Waals surface area contributed by atoms with Gasteiger partial charge in [0.15, 0.2) is 0 Å². The van der Waals surface area contributed by atoms with E-state index in [2.05, 4.69) is 52.9 Å². The monoisotopic (exact) mass is 263 g/mol. The first-order chi connectivity index (χ1) is 9.11. The first kappa shape index (κ1) is 14.1. The van der Waals surface area contributed by atoms with Gasteiger partial charge in [-0.3, -0.25) is 0 Å². The number of nitrogens with one attached hydrogen (secondary N) is 1. The van der Waals surface area contributed by atoms with E-state index in [0.717, 1.165) is 49.9 Å². The molecule has 0 spiro atoms. The molecule has 0 radical (unpaired) electrons. The largest absolute Gasteiger partial charge is 0.354 e. The number of hydrogen-bond donors (Lipinski definition) is 1. The van der Waals surface area contributed by atoms with Gasteiger partial charge in [0, 0.05) is 44.0 Å². The number of hydrogen-bond acceptors (Lipinski definition) is 5. The van der Waals surface area contributed by atoms with Crippen LogP contribution in [0.25, 0.3) is 0 Å². The van der Waals surface area contributed by atoms with Gasteiger partial charge in [-0.15, -0.1) is 0 Å². The summed E-state index contributed by atoms with van der Waals surface area (Å²) in [5.74, 6) is 1.82. The lowest BCUT2D eigenvalue weighted by molar-refractivity contribution is 0.233. The molecule has 1 aliphatic heterocycles. The topological polar surface area (TPSA) is 44.3 Å². The maximum atomic E-state index is 4.68. The van der Waals surface area contributed by atoms with Crippen molar-refractivity contribution < 1.29 is 0 Å². The number of rotatable bonds is 4. The number of likely N-dealkylation sites (N-methyl/N-ethyl adjacent to an activating group) is 1. The zero-order valence-electron chi connectivity index (χ0n) is 12.5. The number of nitrogens with zero attached hydrogens (tertiary/aromatic N) is 4. The lowest BCUT2D eigenvalue weighted by atomic mass is 10.2. The van der Waals surface area contributed by atoms with Crippen molar-refractivity contribution in [2.24, 2.45) is 0 Å². The fourth-order valence-electron chi connectivity index (χ4n) is 2.32. The van der Waals surface area contributed by atoms with E-state index in [-0.39, 0.29) is 0 Å². The summed E-state index contributed by atoms with van der Waals surface area (Å²) in [6, 6.07) is 0.565. The number of aromatic nitrogens is 2. The Balaban J connectivity index is 2.14. The zero-order valence-corrected chi connectivity index (χ0v) is 12.5. The van der Waals surface area contributed by atoms with E-state index in [0.29, 0.717) is 6.04 Å². The fourth-order valence-corrected chi connectivity index (χ4v) is 2.32. The van der Waals surface area contributed by atoms with Crippen LogP contribution < -0.4 is 10.2 Å². The molecular weight excluding hydrogens is 238 g/mol. The van der Waals surface area contributed by atoms with E-state index < -0.39 is 0 Å². The second-order valence-corrected chi connectivity index (χ2v) is 5.40. The lowest BCUT2D eigenvalue weighted by Crippen LogP contribution is -2.50. The maximum absolute atomic E-state index is 4.68. The van der Waals surface area contributed by atoms with Gasteiger partial charge in [0.2, 0.25) is 5.95 Å². The van der Waals surface area contributed by atoms with Crippen LogP contribution in [0.4, 0.5) is 11.8 Å². The van der Waals surface area contributed by atoms with Gasteiger partial charge in [-0.05, 0) is 27.3 Å². The standard InChI is InChI=1S/C14H25N5/c1-5-6-15-14-16-9-11(2)13(17-14)19-8-7-18(4)12(3)10-19/h9,12H,5-8,10H2,1-4H3,(H,15,16,17). The van der Waals surface area contributed by atoms with Gasteiger partial charge in [0.1, 0.15) is 5.82 Å². The molecule has 5 nitrogen and oxygen atoms in total.